The van der Waals surface area contributed by atoms with Gasteiger partial charge in [-0.05, 0) is 48.7 Å². The van der Waals surface area contributed by atoms with Gasteiger partial charge in [-0.2, -0.15) is 0 Å². The molecule has 1 aromatic carbocycles. The molecule has 9 nitrogen and oxygen atoms in total. The van der Waals surface area contributed by atoms with Crippen molar-refractivity contribution in [3.8, 4) is 5.75 Å². The fourth-order valence-electron chi connectivity index (χ4n) is 4.39. The number of alkyl halides is 3. The predicted molar refractivity (Wildman–Crippen MR) is 134 cm³/mol. The quantitative estimate of drug-likeness (QED) is 0.255. The number of aromatic nitrogens is 4. The van der Waals surface area contributed by atoms with Gasteiger partial charge in [-0.1, -0.05) is 19.1 Å². The van der Waals surface area contributed by atoms with E-state index in [1.165, 1.54) is 47.4 Å². The van der Waals surface area contributed by atoms with E-state index in [9.17, 15) is 28.0 Å². The molecule has 1 amide bonds. The third kappa shape index (κ3) is 6.70. The number of ether oxygens (including phenoxy) is 1. The molecule has 0 spiro atoms. The zero-order chi connectivity index (χ0) is 28.2. The molecule has 0 bridgehead atoms. The summed E-state index contributed by atoms with van der Waals surface area (Å²) in [4.78, 5) is 37.1. The van der Waals surface area contributed by atoms with Crippen LogP contribution in [-0.2, 0) is 24.8 Å². The molecule has 4 rings (SSSR count). The molecular weight excluding hydrogens is 515 g/mol. The summed E-state index contributed by atoms with van der Waals surface area (Å²) in [5.41, 5.74) is 1.28. The molecule has 0 fully saturated rings. The molecule has 0 saturated carbocycles. The molecule has 3 heterocycles. The monoisotopic (exact) mass is 542 g/mol. The normalized spacial score (nSPS) is 12.3. The van der Waals surface area contributed by atoms with Crippen LogP contribution in [0.1, 0.15) is 42.8 Å². The van der Waals surface area contributed by atoms with Crippen LogP contribution in [0.3, 0.4) is 0 Å². The Kier molecular flexibility index (Phi) is 8.12. The molecule has 39 heavy (non-hydrogen) atoms. The molecule has 12 heteroatoms. The average Bonchev–Trinajstić information content (AvgIpc) is 2.90. The highest BCUT2D eigenvalue weighted by molar-refractivity contribution is 5.77. The summed E-state index contributed by atoms with van der Waals surface area (Å²) < 4.78 is 43.6. The van der Waals surface area contributed by atoms with Gasteiger partial charge in [-0.3, -0.25) is 19.4 Å². The fraction of sp³-hybridized carbons (Fsp3) is 0.296. The third-order valence-electron chi connectivity index (χ3n) is 6.25. The Labute approximate surface area is 221 Å². The molecule has 0 aliphatic rings. The van der Waals surface area contributed by atoms with Crippen LogP contribution in [0.25, 0.3) is 11.0 Å². The van der Waals surface area contributed by atoms with E-state index in [4.69, 9.17) is 0 Å². The second-order valence-electron chi connectivity index (χ2n) is 8.94. The summed E-state index contributed by atoms with van der Waals surface area (Å²) >= 11 is 0. The SMILES string of the molecule is CC[C@H](c1nc2ncccc2c(=O)n1C)N(Cc1ccc[n+](O)c1)C(=O)CCc1ccc(OC(F)(F)F)cc1. The van der Waals surface area contributed by atoms with Crippen molar-refractivity contribution in [2.24, 2.45) is 7.05 Å². The number of fused-ring (bicyclic) bond motifs is 1. The second kappa shape index (κ2) is 11.5. The molecule has 3 aromatic heterocycles. The summed E-state index contributed by atoms with van der Waals surface area (Å²) in [5.74, 6) is -0.242. The number of hydrogen-bond donors (Lipinski definition) is 1. The number of pyridine rings is 2. The first-order chi connectivity index (χ1) is 18.6. The van der Waals surface area contributed by atoms with Crippen molar-refractivity contribution in [2.45, 2.75) is 45.1 Å². The summed E-state index contributed by atoms with van der Waals surface area (Å²) in [6, 6.07) is 11.4. The van der Waals surface area contributed by atoms with E-state index in [0.717, 1.165) is 4.73 Å². The minimum Gasteiger partial charge on any atom is -0.406 e. The first kappa shape index (κ1) is 27.6. The molecule has 0 aliphatic heterocycles. The first-order valence-corrected chi connectivity index (χ1v) is 12.2. The smallest absolute Gasteiger partial charge is 0.406 e. The molecule has 0 radical (unpaired) electrons. The highest BCUT2D eigenvalue weighted by Gasteiger charge is 2.31. The van der Waals surface area contributed by atoms with Gasteiger partial charge >= 0.3 is 6.36 Å². The topological polar surface area (TPSA) is 101 Å². The van der Waals surface area contributed by atoms with Crippen molar-refractivity contribution >= 4 is 16.9 Å². The Balaban J connectivity index is 1.63. The maximum atomic E-state index is 13.6. The van der Waals surface area contributed by atoms with Crippen LogP contribution >= 0.6 is 0 Å². The van der Waals surface area contributed by atoms with Gasteiger partial charge in [0.1, 0.15) is 11.6 Å². The lowest BCUT2D eigenvalue weighted by molar-refractivity contribution is -0.905. The lowest BCUT2D eigenvalue weighted by Crippen LogP contribution is -2.39. The first-order valence-electron chi connectivity index (χ1n) is 12.2. The van der Waals surface area contributed by atoms with Crippen molar-refractivity contribution in [1.29, 1.82) is 0 Å². The molecular formula is C27H27F3N5O4+. The van der Waals surface area contributed by atoms with Crippen molar-refractivity contribution < 1.29 is 32.6 Å². The van der Waals surface area contributed by atoms with E-state index in [-0.39, 0.29) is 42.2 Å². The number of aryl methyl sites for hydroxylation is 1. The minimum atomic E-state index is -4.79. The largest absolute Gasteiger partial charge is 0.573 e. The fourth-order valence-corrected chi connectivity index (χ4v) is 4.39. The number of carbonyl (C=O) groups is 1. The van der Waals surface area contributed by atoms with E-state index in [2.05, 4.69) is 14.7 Å². The number of rotatable bonds is 9. The molecule has 204 valence electrons. The van der Waals surface area contributed by atoms with Gasteiger partial charge < -0.3 is 9.64 Å². The van der Waals surface area contributed by atoms with Gasteiger partial charge in [-0.15, -0.1) is 13.2 Å². The lowest BCUT2D eigenvalue weighted by Gasteiger charge is -2.31. The lowest BCUT2D eigenvalue weighted by atomic mass is 10.1. The maximum absolute atomic E-state index is 13.6. The van der Waals surface area contributed by atoms with Gasteiger partial charge in [0.25, 0.3) is 5.56 Å². The molecule has 0 unspecified atom stereocenters. The van der Waals surface area contributed by atoms with Crippen LogP contribution in [0.2, 0.25) is 0 Å². The summed E-state index contributed by atoms with van der Waals surface area (Å²) in [6.45, 7) is 1.99. The standard InChI is InChI=1S/C27H27F3N5O4/c1-3-22(25-32-24-21(7-4-14-31-24)26(37)33(25)2)35(17-19-6-5-15-34(38)16-19)23(36)13-10-18-8-11-20(12-9-18)39-27(28,29)30/h4-9,11-12,14-16,22,38H,3,10,13,17H2,1-2H3/q+1/t22-/m1/s1. The van der Waals surface area contributed by atoms with Crippen molar-refractivity contribution in [1.82, 2.24) is 19.4 Å². The summed E-state index contributed by atoms with van der Waals surface area (Å²) in [5, 5.41) is 10.2. The van der Waals surface area contributed by atoms with E-state index in [1.54, 1.807) is 36.2 Å². The second-order valence-corrected chi connectivity index (χ2v) is 8.94. The average molecular weight is 543 g/mol. The van der Waals surface area contributed by atoms with Gasteiger partial charge in [0.15, 0.2) is 5.65 Å². The van der Waals surface area contributed by atoms with Crippen molar-refractivity contribution in [2.75, 3.05) is 0 Å². The molecule has 1 atom stereocenters. The number of amides is 1. The van der Waals surface area contributed by atoms with Crippen molar-refractivity contribution in [3.05, 3.63) is 94.4 Å². The number of carbonyl (C=O) groups excluding carboxylic acids is 1. The molecule has 4 aromatic rings. The predicted octanol–water partition coefficient (Wildman–Crippen LogP) is 3.86. The van der Waals surface area contributed by atoms with E-state index >= 15 is 0 Å². The van der Waals surface area contributed by atoms with Gasteiger partial charge in [0.2, 0.25) is 18.3 Å². The number of halogens is 3. The maximum Gasteiger partial charge on any atom is 0.573 e. The number of nitrogens with zero attached hydrogens (tertiary/aromatic N) is 5. The van der Waals surface area contributed by atoms with Crippen LogP contribution in [0, 0.1) is 0 Å². The Morgan fingerprint density at radius 3 is 2.56 bits per heavy atom. The highest BCUT2D eigenvalue weighted by Crippen LogP contribution is 2.27. The van der Waals surface area contributed by atoms with E-state index < -0.39 is 12.4 Å². The van der Waals surface area contributed by atoms with Crippen LogP contribution in [0.4, 0.5) is 13.2 Å². The van der Waals surface area contributed by atoms with Crippen LogP contribution in [-0.4, -0.2) is 36.9 Å². The van der Waals surface area contributed by atoms with Gasteiger partial charge in [-0.25, -0.2) is 9.97 Å². The van der Waals surface area contributed by atoms with Gasteiger partial charge in [0, 0.05) is 36.0 Å². The third-order valence-corrected chi connectivity index (χ3v) is 6.25. The van der Waals surface area contributed by atoms with Crippen LogP contribution in [0.15, 0.2) is 71.9 Å². The van der Waals surface area contributed by atoms with Crippen LogP contribution < -0.4 is 15.0 Å². The Morgan fingerprint density at radius 2 is 1.90 bits per heavy atom. The molecule has 1 N–H and O–H groups in total. The zero-order valence-electron chi connectivity index (χ0n) is 21.3. The molecule has 0 saturated heterocycles. The minimum absolute atomic E-state index is 0.0434. The van der Waals surface area contributed by atoms with E-state index in [1.807, 2.05) is 6.92 Å². The Morgan fingerprint density at radius 1 is 1.15 bits per heavy atom. The van der Waals surface area contributed by atoms with E-state index in [0.29, 0.717) is 28.8 Å². The summed E-state index contributed by atoms with van der Waals surface area (Å²) in [7, 11) is 1.59. The number of benzene rings is 1. The molecule has 0 aliphatic carbocycles. The zero-order valence-corrected chi connectivity index (χ0v) is 21.3. The summed E-state index contributed by atoms with van der Waals surface area (Å²) in [6.07, 6.45) is 0.404. The Hall–Kier alpha value is -4.48. The number of hydrogen-bond acceptors (Lipinski definition) is 6. The van der Waals surface area contributed by atoms with Crippen molar-refractivity contribution in [3.63, 3.8) is 0 Å². The van der Waals surface area contributed by atoms with Crippen LogP contribution in [0.5, 0.6) is 5.75 Å². The Bertz CT molecular complexity index is 1520. The highest BCUT2D eigenvalue weighted by atomic mass is 19.4. The van der Waals surface area contributed by atoms with Gasteiger partial charge in [0.05, 0.1) is 18.0 Å².